The number of carbonyl (C=O) groups is 1. The fourth-order valence-electron chi connectivity index (χ4n) is 1.46. The van der Waals surface area contributed by atoms with Crippen molar-refractivity contribution in [2.75, 3.05) is 0 Å². The van der Waals surface area contributed by atoms with Gasteiger partial charge in [-0.2, -0.15) is 0 Å². The van der Waals surface area contributed by atoms with Gasteiger partial charge in [-0.1, -0.05) is 0 Å². The number of nitrogens with one attached hydrogen (secondary N) is 2. The number of aromatic amines is 2. The van der Waals surface area contributed by atoms with Crippen LogP contribution >= 0.6 is 0 Å². The van der Waals surface area contributed by atoms with E-state index in [0.29, 0.717) is 11.3 Å². The number of phenols is 1. The Hall–Kier alpha value is -2.30. The van der Waals surface area contributed by atoms with Gasteiger partial charge in [0.05, 0.1) is 0 Å². The number of aromatic nitrogens is 2. The van der Waals surface area contributed by atoms with Crippen LogP contribution in [0.3, 0.4) is 0 Å². The number of benzene rings is 1. The molecule has 0 spiro atoms. The van der Waals surface area contributed by atoms with E-state index in [1.165, 1.54) is 24.3 Å². The Balaban J connectivity index is 2.43. The highest BCUT2D eigenvalue weighted by atomic mass is 16.3. The Bertz CT molecular complexity index is 578. The van der Waals surface area contributed by atoms with Crippen molar-refractivity contribution < 1.29 is 9.90 Å². The van der Waals surface area contributed by atoms with Crippen LogP contribution < -0.4 is 5.69 Å². The maximum atomic E-state index is 11.9. The second kappa shape index (κ2) is 3.69. The smallest absolute Gasteiger partial charge is 0.323 e. The second-order valence-electron chi connectivity index (χ2n) is 3.46. The van der Waals surface area contributed by atoms with Gasteiger partial charge in [-0.25, -0.2) is 4.79 Å². The summed E-state index contributed by atoms with van der Waals surface area (Å²) < 4.78 is 0. The number of rotatable bonds is 2. The summed E-state index contributed by atoms with van der Waals surface area (Å²) in [5.41, 5.74) is 0.759. The number of hydrogen-bond acceptors (Lipinski definition) is 3. The lowest BCUT2D eigenvalue weighted by molar-refractivity contribution is 0.103. The normalized spacial score (nSPS) is 10.3. The van der Waals surface area contributed by atoms with Crippen LogP contribution in [0.2, 0.25) is 0 Å². The van der Waals surface area contributed by atoms with Crippen LogP contribution in [0.15, 0.2) is 29.1 Å². The van der Waals surface area contributed by atoms with Crippen LogP contribution in [0.5, 0.6) is 5.75 Å². The number of imidazole rings is 1. The molecule has 1 aromatic carbocycles. The highest BCUT2D eigenvalue weighted by Gasteiger charge is 2.14. The number of phenolic OH excluding ortho intramolecular Hbond substituents is 1. The largest absolute Gasteiger partial charge is 0.508 e. The number of aromatic hydroxyl groups is 1. The third-order valence-corrected chi connectivity index (χ3v) is 2.27. The molecule has 5 heteroatoms. The number of H-pyrrole nitrogens is 2. The molecule has 82 valence electrons. The zero-order chi connectivity index (χ0) is 11.7. The minimum Gasteiger partial charge on any atom is -0.508 e. The minimum absolute atomic E-state index is 0.0934. The van der Waals surface area contributed by atoms with Gasteiger partial charge >= 0.3 is 5.69 Å². The van der Waals surface area contributed by atoms with Gasteiger partial charge in [0.15, 0.2) is 0 Å². The fourth-order valence-corrected chi connectivity index (χ4v) is 1.46. The molecule has 16 heavy (non-hydrogen) atoms. The van der Waals surface area contributed by atoms with Crippen LogP contribution in [-0.2, 0) is 0 Å². The summed E-state index contributed by atoms with van der Waals surface area (Å²) in [5, 5.41) is 9.09. The molecule has 3 N–H and O–H groups in total. The van der Waals surface area contributed by atoms with Crippen LogP contribution in [-0.4, -0.2) is 20.9 Å². The molecule has 1 heterocycles. The molecule has 0 unspecified atom stereocenters. The SMILES string of the molecule is Cc1[nH]c(=O)[nH]c1C(=O)c1ccc(O)cc1. The molecule has 0 saturated heterocycles. The van der Waals surface area contributed by atoms with Crippen LogP contribution in [0.25, 0.3) is 0 Å². The molecule has 0 aliphatic rings. The molecule has 0 atom stereocenters. The van der Waals surface area contributed by atoms with Gasteiger partial charge in [-0.05, 0) is 31.2 Å². The molecule has 0 saturated carbocycles. The zero-order valence-corrected chi connectivity index (χ0v) is 8.57. The number of aryl methyl sites for hydroxylation is 1. The van der Waals surface area contributed by atoms with Crippen LogP contribution in [0.1, 0.15) is 21.7 Å². The first-order chi connectivity index (χ1) is 7.58. The van der Waals surface area contributed by atoms with E-state index in [0.717, 1.165) is 0 Å². The molecule has 2 aromatic rings. The Labute approximate surface area is 90.8 Å². The van der Waals surface area contributed by atoms with Gasteiger partial charge in [0.1, 0.15) is 11.4 Å². The Morgan fingerprint density at radius 1 is 1.19 bits per heavy atom. The third kappa shape index (κ3) is 1.75. The molecule has 0 bridgehead atoms. The van der Waals surface area contributed by atoms with Crippen molar-refractivity contribution in [2.45, 2.75) is 6.92 Å². The van der Waals surface area contributed by atoms with Gasteiger partial charge in [0, 0.05) is 11.3 Å². The molecular weight excluding hydrogens is 208 g/mol. The highest BCUT2D eigenvalue weighted by molar-refractivity contribution is 6.08. The van der Waals surface area contributed by atoms with Crippen LogP contribution in [0, 0.1) is 6.92 Å². The molecule has 0 aliphatic heterocycles. The number of hydrogen-bond donors (Lipinski definition) is 3. The van der Waals surface area contributed by atoms with E-state index >= 15 is 0 Å². The average Bonchev–Trinajstić information content (AvgIpc) is 2.58. The molecule has 0 fully saturated rings. The first-order valence-electron chi connectivity index (χ1n) is 4.70. The first kappa shape index (κ1) is 10.2. The molecule has 1 aromatic heterocycles. The zero-order valence-electron chi connectivity index (χ0n) is 8.57. The van der Waals surface area contributed by atoms with E-state index in [2.05, 4.69) is 9.97 Å². The lowest BCUT2D eigenvalue weighted by atomic mass is 10.1. The quantitative estimate of drug-likeness (QED) is 0.656. The maximum Gasteiger partial charge on any atom is 0.323 e. The van der Waals surface area contributed by atoms with E-state index in [1.807, 2.05) is 0 Å². The Morgan fingerprint density at radius 3 is 2.31 bits per heavy atom. The average molecular weight is 218 g/mol. The second-order valence-corrected chi connectivity index (χ2v) is 3.46. The van der Waals surface area contributed by atoms with Crippen molar-refractivity contribution in [1.82, 2.24) is 9.97 Å². The summed E-state index contributed by atoms with van der Waals surface area (Å²) in [5.74, 6) is -0.188. The van der Waals surface area contributed by atoms with E-state index < -0.39 is 5.69 Å². The topological polar surface area (TPSA) is 86.0 Å². The van der Waals surface area contributed by atoms with Gasteiger partial charge in [-0.15, -0.1) is 0 Å². The summed E-state index contributed by atoms with van der Waals surface area (Å²) in [4.78, 5) is 27.8. The van der Waals surface area contributed by atoms with E-state index in [9.17, 15) is 9.59 Å². The predicted molar refractivity (Wildman–Crippen MR) is 57.7 cm³/mol. The fraction of sp³-hybridized carbons (Fsp3) is 0.0909. The van der Waals surface area contributed by atoms with Gasteiger partial charge in [0.2, 0.25) is 5.78 Å². The Kier molecular flexibility index (Phi) is 2.36. The summed E-state index contributed by atoms with van der Waals surface area (Å²) in [6.45, 7) is 1.64. The van der Waals surface area contributed by atoms with Crippen molar-refractivity contribution in [3.63, 3.8) is 0 Å². The van der Waals surface area contributed by atoms with Crippen molar-refractivity contribution in [3.8, 4) is 5.75 Å². The summed E-state index contributed by atoms with van der Waals surface area (Å²) in [6.07, 6.45) is 0. The third-order valence-electron chi connectivity index (χ3n) is 2.27. The van der Waals surface area contributed by atoms with Crippen molar-refractivity contribution >= 4 is 5.78 Å². The number of ketones is 1. The molecule has 5 nitrogen and oxygen atoms in total. The Morgan fingerprint density at radius 2 is 1.81 bits per heavy atom. The summed E-state index contributed by atoms with van der Waals surface area (Å²) in [6, 6.07) is 5.85. The molecule has 0 aliphatic carbocycles. The van der Waals surface area contributed by atoms with Crippen molar-refractivity contribution in [1.29, 1.82) is 0 Å². The van der Waals surface area contributed by atoms with E-state index in [1.54, 1.807) is 6.92 Å². The lowest BCUT2D eigenvalue weighted by Crippen LogP contribution is -2.06. The van der Waals surface area contributed by atoms with E-state index in [4.69, 9.17) is 5.11 Å². The highest BCUT2D eigenvalue weighted by Crippen LogP contribution is 2.13. The monoisotopic (exact) mass is 218 g/mol. The van der Waals surface area contributed by atoms with E-state index in [-0.39, 0.29) is 17.2 Å². The van der Waals surface area contributed by atoms with Gasteiger partial charge in [-0.3, -0.25) is 4.79 Å². The van der Waals surface area contributed by atoms with Gasteiger partial charge in [0.25, 0.3) is 0 Å². The molecular formula is C11H10N2O3. The lowest BCUT2D eigenvalue weighted by Gasteiger charge is -1.99. The standard InChI is InChI=1S/C11H10N2O3/c1-6-9(13-11(16)12-6)10(15)7-2-4-8(14)5-3-7/h2-5,14H,1H3,(H2,12,13,16). The minimum atomic E-state index is -0.403. The summed E-state index contributed by atoms with van der Waals surface area (Å²) in [7, 11) is 0. The molecule has 0 amide bonds. The first-order valence-corrected chi connectivity index (χ1v) is 4.70. The molecule has 0 radical (unpaired) electrons. The predicted octanol–water partition coefficient (Wildman–Crippen LogP) is 0.948. The van der Waals surface area contributed by atoms with Gasteiger partial charge < -0.3 is 15.1 Å². The number of carbonyl (C=O) groups excluding carboxylic acids is 1. The molecule has 2 rings (SSSR count). The van der Waals surface area contributed by atoms with Crippen LogP contribution in [0.4, 0.5) is 0 Å². The van der Waals surface area contributed by atoms with Crippen molar-refractivity contribution in [3.05, 3.63) is 51.7 Å². The summed E-state index contributed by atoms with van der Waals surface area (Å²) >= 11 is 0. The maximum absolute atomic E-state index is 11.9. The van der Waals surface area contributed by atoms with Crippen molar-refractivity contribution in [2.24, 2.45) is 0 Å².